The first-order valence-electron chi connectivity index (χ1n) is 10.2. The molecule has 1 unspecified atom stereocenters. The Morgan fingerprint density at radius 3 is 2.53 bits per heavy atom. The van der Waals surface area contributed by atoms with Gasteiger partial charge in [-0.15, -0.1) is 0 Å². The van der Waals surface area contributed by atoms with Crippen molar-refractivity contribution >= 4 is 12.0 Å². The molecule has 0 spiro atoms. The Labute approximate surface area is 177 Å². The van der Waals surface area contributed by atoms with E-state index in [1.54, 1.807) is 19.1 Å². The molecule has 0 fully saturated rings. The van der Waals surface area contributed by atoms with Crippen molar-refractivity contribution in [3.63, 3.8) is 0 Å². The third-order valence-electron chi connectivity index (χ3n) is 5.00. The van der Waals surface area contributed by atoms with Crippen molar-refractivity contribution in [3.8, 4) is 0 Å². The zero-order valence-electron chi connectivity index (χ0n) is 17.9. The molecule has 30 heavy (non-hydrogen) atoms. The molecule has 160 valence electrons. The van der Waals surface area contributed by atoms with Crippen LogP contribution in [0.3, 0.4) is 0 Å². The van der Waals surface area contributed by atoms with Gasteiger partial charge in [0.1, 0.15) is 11.8 Å². The predicted molar refractivity (Wildman–Crippen MR) is 114 cm³/mol. The molecule has 1 aliphatic rings. The number of esters is 1. The van der Waals surface area contributed by atoms with Crippen molar-refractivity contribution in [1.29, 1.82) is 0 Å². The smallest absolute Gasteiger partial charge is 0.338 e. The number of nitrogens with one attached hydrogen (secondary N) is 2. The Morgan fingerprint density at radius 2 is 1.93 bits per heavy atom. The first-order valence-corrected chi connectivity index (χ1v) is 10.2. The molecule has 3 rings (SSSR count). The fourth-order valence-corrected chi connectivity index (χ4v) is 3.51. The number of rotatable bonds is 8. The topological polar surface area (TPSA) is 83.8 Å². The van der Waals surface area contributed by atoms with E-state index in [0.29, 0.717) is 36.0 Å². The average Bonchev–Trinajstić information content (AvgIpc) is 3.22. The van der Waals surface area contributed by atoms with E-state index in [4.69, 9.17) is 9.15 Å². The fourth-order valence-electron chi connectivity index (χ4n) is 3.51. The van der Waals surface area contributed by atoms with E-state index >= 15 is 0 Å². The number of hydrogen-bond acceptors (Lipinski definition) is 5. The van der Waals surface area contributed by atoms with Crippen LogP contribution in [0.1, 0.15) is 49.6 Å². The Balaban J connectivity index is 1.84. The van der Waals surface area contributed by atoms with E-state index in [9.17, 15) is 9.59 Å². The van der Waals surface area contributed by atoms with Crippen LogP contribution >= 0.6 is 0 Å². The molecular weight excluding hydrogens is 382 g/mol. The second kappa shape index (κ2) is 9.63. The van der Waals surface area contributed by atoms with Gasteiger partial charge in [0, 0.05) is 18.8 Å². The standard InChI is InChI=1S/C23H29N3O4/c1-5-29-22(27)20-18(24-23(28)25-21(20)19-7-6-12-30-19)14-26(4)13-16-8-10-17(11-9-16)15(2)3/h6-12,15,21H,5,13-14H2,1-4H3,(H2,24,25,28). The van der Waals surface area contributed by atoms with Crippen molar-refractivity contribution in [2.75, 3.05) is 20.2 Å². The summed E-state index contributed by atoms with van der Waals surface area (Å²) in [5, 5.41) is 5.54. The van der Waals surface area contributed by atoms with E-state index < -0.39 is 12.0 Å². The van der Waals surface area contributed by atoms with Gasteiger partial charge in [0.2, 0.25) is 0 Å². The van der Waals surface area contributed by atoms with E-state index in [1.807, 2.05) is 11.9 Å². The number of furan rings is 1. The van der Waals surface area contributed by atoms with Gasteiger partial charge in [-0.25, -0.2) is 9.59 Å². The maximum atomic E-state index is 12.7. The van der Waals surface area contributed by atoms with Gasteiger partial charge in [-0.1, -0.05) is 38.1 Å². The Morgan fingerprint density at radius 1 is 1.20 bits per heavy atom. The third kappa shape index (κ3) is 5.10. The monoisotopic (exact) mass is 411 g/mol. The van der Waals surface area contributed by atoms with Crippen LogP contribution in [-0.4, -0.2) is 37.1 Å². The number of ether oxygens (including phenoxy) is 1. The number of hydrogen-bond donors (Lipinski definition) is 2. The predicted octanol–water partition coefficient (Wildman–Crippen LogP) is 3.71. The first-order chi connectivity index (χ1) is 14.4. The van der Waals surface area contributed by atoms with Crippen LogP contribution in [0.5, 0.6) is 0 Å². The Hall–Kier alpha value is -3.06. The Kier molecular flexibility index (Phi) is 6.95. The molecule has 7 nitrogen and oxygen atoms in total. The molecule has 2 amide bonds. The number of carbonyl (C=O) groups is 2. The van der Waals surface area contributed by atoms with Gasteiger partial charge in [-0.3, -0.25) is 4.90 Å². The van der Waals surface area contributed by atoms with Gasteiger partial charge >= 0.3 is 12.0 Å². The van der Waals surface area contributed by atoms with Gasteiger partial charge < -0.3 is 19.8 Å². The van der Waals surface area contributed by atoms with Gasteiger partial charge in [0.25, 0.3) is 0 Å². The fraction of sp³-hybridized carbons (Fsp3) is 0.391. The summed E-state index contributed by atoms with van der Waals surface area (Å²) < 4.78 is 10.7. The highest BCUT2D eigenvalue weighted by Crippen LogP contribution is 2.28. The molecule has 0 saturated carbocycles. The van der Waals surface area contributed by atoms with Crippen molar-refractivity contribution in [1.82, 2.24) is 15.5 Å². The van der Waals surface area contributed by atoms with E-state index in [2.05, 4.69) is 48.7 Å². The van der Waals surface area contributed by atoms with Crippen molar-refractivity contribution in [2.45, 2.75) is 39.3 Å². The lowest BCUT2D eigenvalue weighted by Gasteiger charge is -2.30. The molecular formula is C23H29N3O4. The van der Waals surface area contributed by atoms with Crippen LogP contribution in [-0.2, 0) is 16.1 Å². The number of amides is 2. The largest absolute Gasteiger partial charge is 0.467 e. The molecule has 0 aliphatic carbocycles. The zero-order valence-corrected chi connectivity index (χ0v) is 17.9. The second-order valence-corrected chi connectivity index (χ2v) is 7.73. The van der Waals surface area contributed by atoms with Gasteiger partial charge in [0.15, 0.2) is 0 Å². The van der Waals surface area contributed by atoms with Gasteiger partial charge in [-0.2, -0.15) is 0 Å². The summed E-state index contributed by atoms with van der Waals surface area (Å²) in [6.45, 7) is 7.38. The molecule has 7 heteroatoms. The van der Waals surface area contributed by atoms with E-state index in [0.717, 1.165) is 5.56 Å². The number of urea groups is 1. The lowest BCUT2D eigenvalue weighted by Crippen LogP contribution is -2.48. The maximum Gasteiger partial charge on any atom is 0.338 e. The van der Waals surface area contributed by atoms with Gasteiger partial charge in [-0.05, 0) is 43.1 Å². The summed E-state index contributed by atoms with van der Waals surface area (Å²) in [7, 11) is 1.95. The normalized spacial score (nSPS) is 16.6. The molecule has 2 N–H and O–H groups in total. The maximum absolute atomic E-state index is 12.7. The zero-order chi connectivity index (χ0) is 21.7. The molecule has 0 radical (unpaired) electrons. The minimum Gasteiger partial charge on any atom is -0.467 e. The van der Waals surface area contributed by atoms with Crippen molar-refractivity contribution < 1.29 is 18.7 Å². The van der Waals surface area contributed by atoms with Crippen molar-refractivity contribution in [3.05, 3.63) is 70.8 Å². The highest BCUT2D eigenvalue weighted by molar-refractivity contribution is 5.95. The molecule has 1 aromatic carbocycles. The minimum absolute atomic E-state index is 0.243. The second-order valence-electron chi connectivity index (χ2n) is 7.73. The first kappa shape index (κ1) is 21.6. The number of likely N-dealkylation sites (N-methyl/N-ethyl adjacent to an activating group) is 1. The van der Waals surface area contributed by atoms with Crippen LogP contribution < -0.4 is 10.6 Å². The number of benzene rings is 1. The highest BCUT2D eigenvalue weighted by atomic mass is 16.5. The number of carbonyl (C=O) groups excluding carboxylic acids is 2. The van der Waals surface area contributed by atoms with E-state index in [1.165, 1.54) is 11.8 Å². The molecule has 1 aliphatic heterocycles. The molecule has 2 heterocycles. The Bertz CT molecular complexity index is 901. The average molecular weight is 412 g/mol. The van der Waals surface area contributed by atoms with E-state index in [-0.39, 0.29) is 12.6 Å². The van der Waals surface area contributed by atoms with Crippen LogP contribution in [0.2, 0.25) is 0 Å². The molecule has 0 saturated heterocycles. The lowest BCUT2D eigenvalue weighted by molar-refractivity contribution is -0.139. The summed E-state index contributed by atoms with van der Waals surface area (Å²) in [4.78, 5) is 27.1. The van der Waals surface area contributed by atoms with Crippen LogP contribution in [0.25, 0.3) is 0 Å². The minimum atomic E-state index is -0.693. The highest BCUT2D eigenvalue weighted by Gasteiger charge is 2.35. The molecule has 0 bridgehead atoms. The summed E-state index contributed by atoms with van der Waals surface area (Å²) >= 11 is 0. The van der Waals surface area contributed by atoms with Gasteiger partial charge in [0.05, 0.1) is 18.4 Å². The lowest BCUT2D eigenvalue weighted by atomic mass is 9.99. The SMILES string of the molecule is CCOC(=O)C1=C(CN(C)Cc2ccc(C(C)C)cc2)NC(=O)NC1c1ccco1. The molecule has 2 aromatic rings. The molecule has 1 atom stereocenters. The third-order valence-corrected chi connectivity index (χ3v) is 5.00. The molecule has 1 aromatic heterocycles. The summed E-state index contributed by atoms with van der Waals surface area (Å²) in [6.07, 6.45) is 1.51. The summed E-state index contributed by atoms with van der Waals surface area (Å²) in [5.41, 5.74) is 3.32. The summed E-state index contributed by atoms with van der Waals surface area (Å²) in [6, 6.07) is 10.9. The van der Waals surface area contributed by atoms with Crippen LogP contribution in [0.4, 0.5) is 4.79 Å². The van der Waals surface area contributed by atoms with Crippen molar-refractivity contribution in [2.24, 2.45) is 0 Å². The van der Waals surface area contributed by atoms with Crippen LogP contribution in [0.15, 0.2) is 58.3 Å². The summed E-state index contributed by atoms with van der Waals surface area (Å²) in [5.74, 6) is 0.492. The quantitative estimate of drug-likeness (QED) is 0.647. The van der Waals surface area contributed by atoms with Crippen LogP contribution in [0, 0.1) is 0 Å². The number of nitrogens with zero attached hydrogens (tertiary/aromatic N) is 1.